The number of alkyl halides is 3. The Morgan fingerprint density at radius 1 is 1.42 bits per heavy atom. The predicted molar refractivity (Wildman–Crippen MR) is 90.0 cm³/mol. The van der Waals surface area contributed by atoms with Crippen LogP contribution in [0.3, 0.4) is 0 Å². The second-order valence-electron chi connectivity index (χ2n) is 6.18. The second-order valence-corrected chi connectivity index (χ2v) is 7.83. The zero-order chi connectivity index (χ0) is 18.3. The summed E-state index contributed by atoms with van der Waals surface area (Å²) in [5, 5.41) is 0.435. The van der Waals surface area contributed by atoms with Gasteiger partial charge in [-0.3, -0.25) is 4.79 Å². The standard InChI is InChI=1S/C16H14ClF4IO2/c1-15(2)10(6-12(18)16(19,20)21)13(15)14(23)24-7-8-3-4-9(22)5-11(8)17/h3-6,10,13H,7H2,1-2H3/b12-6-/t10-,13-/m1/s1. The van der Waals surface area contributed by atoms with Gasteiger partial charge in [0.05, 0.1) is 5.92 Å². The van der Waals surface area contributed by atoms with Crippen LogP contribution in [0.5, 0.6) is 0 Å². The van der Waals surface area contributed by atoms with Crippen molar-refractivity contribution in [1.82, 2.24) is 0 Å². The van der Waals surface area contributed by atoms with Crippen LogP contribution in [0, 0.1) is 20.8 Å². The highest BCUT2D eigenvalue weighted by molar-refractivity contribution is 14.1. The molecule has 2 atom stereocenters. The van der Waals surface area contributed by atoms with E-state index in [-0.39, 0.29) is 6.61 Å². The number of esters is 1. The van der Waals surface area contributed by atoms with Gasteiger partial charge in [-0.25, -0.2) is 4.39 Å². The average Bonchev–Trinajstić information content (AvgIpc) is 2.97. The lowest BCUT2D eigenvalue weighted by molar-refractivity contribution is -0.147. The Labute approximate surface area is 155 Å². The van der Waals surface area contributed by atoms with Crippen LogP contribution in [-0.4, -0.2) is 12.1 Å². The molecule has 0 radical (unpaired) electrons. The fourth-order valence-corrected chi connectivity index (χ4v) is 3.48. The van der Waals surface area contributed by atoms with Gasteiger partial charge >= 0.3 is 12.1 Å². The van der Waals surface area contributed by atoms with E-state index >= 15 is 0 Å². The molecule has 0 aromatic heterocycles. The number of hydrogen-bond acceptors (Lipinski definition) is 2. The lowest BCUT2D eigenvalue weighted by atomic mass is 10.1. The van der Waals surface area contributed by atoms with E-state index in [1.165, 1.54) is 0 Å². The van der Waals surface area contributed by atoms with Gasteiger partial charge in [-0.1, -0.05) is 31.5 Å². The highest BCUT2D eigenvalue weighted by Crippen LogP contribution is 2.60. The third kappa shape index (κ3) is 4.22. The minimum Gasteiger partial charge on any atom is -0.461 e. The van der Waals surface area contributed by atoms with Crippen LogP contribution in [0.1, 0.15) is 19.4 Å². The van der Waals surface area contributed by atoms with Gasteiger partial charge in [-0.2, -0.15) is 13.2 Å². The zero-order valence-corrected chi connectivity index (χ0v) is 15.7. The van der Waals surface area contributed by atoms with Crippen molar-refractivity contribution in [1.29, 1.82) is 0 Å². The quantitative estimate of drug-likeness (QED) is 0.318. The normalized spacial score (nSPS) is 23.1. The molecule has 0 aliphatic heterocycles. The molecule has 0 amide bonds. The van der Waals surface area contributed by atoms with Crippen LogP contribution >= 0.6 is 34.2 Å². The van der Waals surface area contributed by atoms with Crippen molar-refractivity contribution in [3.63, 3.8) is 0 Å². The van der Waals surface area contributed by atoms with Gasteiger partial charge in [-0.05, 0) is 52.1 Å². The van der Waals surface area contributed by atoms with Crippen molar-refractivity contribution < 1.29 is 27.1 Å². The maximum atomic E-state index is 13.1. The second kappa shape index (κ2) is 6.82. The molecule has 0 bridgehead atoms. The summed E-state index contributed by atoms with van der Waals surface area (Å²) < 4.78 is 56.0. The van der Waals surface area contributed by atoms with E-state index in [1.54, 1.807) is 32.0 Å². The number of halogens is 6. The van der Waals surface area contributed by atoms with Crippen molar-refractivity contribution in [3.05, 3.63) is 44.3 Å². The fourth-order valence-electron chi connectivity index (χ4n) is 2.57. The number of allylic oxidation sites excluding steroid dienone is 2. The molecule has 8 heteroatoms. The van der Waals surface area contributed by atoms with Crippen LogP contribution < -0.4 is 0 Å². The summed E-state index contributed by atoms with van der Waals surface area (Å²) in [6, 6.07) is 5.20. The summed E-state index contributed by atoms with van der Waals surface area (Å²) in [6.45, 7) is 3.11. The minimum absolute atomic E-state index is 0.0840. The number of benzene rings is 1. The SMILES string of the molecule is CC1(C)[C@H](/C=C(\F)C(F)(F)F)[C@@H]1C(=O)OCc1ccc(I)cc1Cl. The summed E-state index contributed by atoms with van der Waals surface area (Å²) in [6.07, 6.45) is -4.58. The van der Waals surface area contributed by atoms with Crippen molar-refractivity contribution >= 4 is 40.2 Å². The average molecular weight is 477 g/mol. The van der Waals surface area contributed by atoms with E-state index in [2.05, 4.69) is 22.6 Å². The van der Waals surface area contributed by atoms with Gasteiger partial charge in [0.2, 0.25) is 0 Å². The highest BCUT2D eigenvalue weighted by atomic mass is 127. The van der Waals surface area contributed by atoms with Crippen LogP contribution in [0.2, 0.25) is 5.02 Å². The molecule has 1 aliphatic carbocycles. The fraction of sp³-hybridized carbons (Fsp3) is 0.438. The van der Waals surface area contributed by atoms with E-state index in [0.29, 0.717) is 16.7 Å². The smallest absolute Gasteiger partial charge is 0.442 e. The van der Waals surface area contributed by atoms with Crippen molar-refractivity contribution in [2.45, 2.75) is 26.6 Å². The lowest BCUT2D eigenvalue weighted by Crippen LogP contribution is -2.11. The molecule has 1 fully saturated rings. The van der Waals surface area contributed by atoms with E-state index in [4.69, 9.17) is 16.3 Å². The molecular weight excluding hydrogens is 463 g/mol. The summed E-state index contributed by atoms with van der Waals surface area (Å²) in [7, 11) is 0. The van der Waals surface area contributed by atoms with Gasteiger partial charge in [-0.15, -0.1) is 0 Å². The third-order valence-corrected chi connectivity index (χ3v) is 5.17. The number of ether oxygens (including phenoxy) is 1. The first-order chi connectivity index (χ1) is 10.9. The molecule has 0 spiro atoms. The van der Waals surface area contributed by atoms with Gasteiger partial charge < -0.3 is 4.74 Å². The molecule has 1 aromatic rings. The topological polar surface area (TPSA) is 26.3 Å². The molecule has 0 heterocycles. The number of carbonyl (C=O) groups excluding carboxylic acids is 1. The summed E-state index contributed by atoms with van der Waals surface area (Å²) in [4.78, 5) is 12.1. The van der Waals surface area contributed by atoms with E-state index in [0.717, 1.165) is 3.57 Å². The van der Waals surface area contributed by atoms with Gasteiger partial charge in [0.1, 0.15) is 6.61 Å². The van der Waals surface area contributed by atoms with Crippen molar-refractivity contribution in [2.24, 2.45) is 17.3 Å². The first-order valence-electron chi connectivity index (χ1n) is 6.99. The summed E-state index contributed by atoms with van der Waals surface area (Å²) in [5.74, 6) is -4.51. The van der Waals surface area contributed by atoms with Crippen molar-refractivity contribution in [3.8, 4) is 0 Å². The van der Waals surface area contributed by atoms with E-state index in [1.807, 2.05) is 0 Å². The van der Waals surface area contributed by atoms with E-state index in [9.17, 15) is 22.4 Å². The molecule has 0 unspecified atom stereocenters. The van der Waals surface area contributed by atoms with E-state index < -0.39 is 35.2 Å². The monoisotopic (exact) mass is 476 g/mol. The molecule has 1 aliphatic rings. The van der Waals surface area contributed by atoms with Gasteiger partial charge in [0, 0.05) is 14.2 Å². The van der Waals surface area contributed by atoms with Crippen LogP contribution in [0.25, 0.3) is 0 Å². The predicted octanol–water partition coefficient (Wildman–Crippen LogP) is 5.68. The summed E-state index contributed by atoms with van der Waals surface area (Å²) in [5.41, 5.74) is -0.187. The van der Waals surface area contributed by atoms with Crippen LogP contribution in [0.4, 0.5) is 17.6 Å². The molecular formula is C16H14ClF4IO2. The Morgan fingerprint density at radius 3 is 2.58 bits per heavy atom. The maximum absolute atomic E-state index is 13.1. The lowest BCUT2D eigenvalue weighted by Gasteiger charge is -2.07. The molecule has 132 valence electrons. The first-order valence-corrected chi connectivity index (χ1v) is 8.45. The van der Waals surface area contributed by atoms with Crippen molar-refractivity contribution in [2.75, 3.05) is 0 Å². The Morgan fingerprint density at radius 2 is 2.04 bits per heavy atom. The number of hydrogen-bond donors (Lipinski definition) is 0. The summed E-state index contributed by atoms with van der Waals surface area (Å²) >= 11 is 8.11. The molecule has 1 aromatic carbocycles. The van der Waals surface area contributed by atoms with Crippen LogP contribution in [0.15, 0.2) is 30.1 Å². The third-order valence-electron chi connectivity index (χ3n) is 4.15. The largest absolute Gasteiger partial charge is 0.461 e. The zero-order valence-electron chi connectivity index (χ0n) is 12.8. The first kappa shape index (κ1) is 19.5. The Hall–Kier alpha value is -0.830. The van der Waals surface area contributed by atoms with Crippen LogP contribution in [-0.2, 0) is 16.1 Å². The maximum Gasteiger partial charge on any atom is 0.442 e. The molecule has 0 saturated heterocycles. The molecule has 1 saturated carbocycles. The Balaban J connectivity index is 2.02. The molecule has 0 N–H and O–H groups in total. The Bertz CT molecular complexity index is 685. The number of rotatable bonds is 4. The van der Waals surface area contributed by atoms with Gasteiger partial charge in [0.15, 0.2) is 5.83 Å². The van der Waals surface area contributed by atoms with Gasteiger partial charge in [0.25, 0.3) is 0 Å². The highest BCUT2D eigenvalue weighted by Gasteiger charge is 2.62. The Kier molecular flexibility index (Phi) is 5.54. The minimum atomic E-state index is -5.04. The number of carbonyl (C=O) groups is 1. The molecule has 2 rings (SSSR count). The molecule has 24 heavy (non-hydrogen) atoms. The molecule has 2 nitrogen and oxygen atoms in total.